The molecule has 4 rings (SSSR count). The first-order valence-corrected chi connectivity index (χ1v) is 15.3. The van der Waals surface area contributed by atoms with Gasteiger partial charge in [0.2, 0.25) is 0 Å². The molecule has 8 nitrogen and oxygen atoms in total. The van der Waals surface area contributed by atoms with Crippen molar-refractivity contribution in [3.63, 3.8) is 0 Å². The van der Waals surface area contributed by atoms with Crippen LogP contribution in [0.2, 0.25) is 0 Å². The summed E-state index contributed by atoms with van der Waals surface area (Å²) in [6.07, 6.45) is 0. The Hall–Kier alpha value is 0.300. The average molecular weight is 579 g/mol. The number of aromatic amines is 3. The molecule has 0 saturated carbocycles. The first kappa shape index (κ1) is 23.0. The molecule has 0 bridgehead atoms. The minimum Gasteiger partial charge on any atom is -0.271 e. The summed E-state index contributed by atoms with van der Waals surface area (Å²) in [6, 6.07) is 0. The Bertz CT molecular complexity index is 1080. The highest BCUT2D eigenvalue weighted by Gasteiger charge is 2.13. The number of hydrogen-bond acceptors (Lipinski definition) is 16. The van der Waals surface area contributed by atoms with Crippen LogP contribution in [-0.2, 0) is 0 Å². The highest BCUT2D eigenvalue weighted by atomic mass is 33.1. The summed E-state index contributed by atoms with van der Waals surface area (Å²) in [5, 5.41) is 25.1. The fraction of sp³-hybridized carbons (Fsp3) is 0. The van der Waals surface area contributed by atoms with Crippen molar-refractivity contribution >= 4 is 130 Å². The van der Waals surface area contributed by atoms with Crippen LogP contribution in [0.5, 0.6) is 0 Å². The van der Waals surface area contributed by atoms with Crippen molar-refractivity contribution in [2.45, 2.75) is 13.0 Å². The molecule has 0 aliphatic carbocycles. The standard InChI is InChI=1S/C5H4N4S5.C4H2N4S6/c1-2-6-8-4(11-2)13-14-5-9-7-3(10)12-5;9-1-5-7-3(11-1)13-14-4-8-6-2(10)12-4/h6H,1H2,(H,7,10);(H,5,9)(H,6,10). The molecule has 148 valence electrons. The number of nitrogens with one attached hydrogen (secondary N) is 4. The molecule has 0 spiro atoms. The Balaban J connectivity index is 0.000000161. The molecule has 0 saturated heterocycles. The van der Waals surface area contributed by atoms with E-state index in [4.69, 9.17) is 36.7 Å². The van der Waals surface area contributed by atoms with E-state index in [2.05, 4.69) is 47.7 Å². The Morgan fingerprint density at radius 1 is 0.714 bits per heavy atom. The second-order valence-corrected chi connectivity index (χ2v) is 15.3. The molecule has 19 heteroatoms. The van der Waals surface area contributed by atoms with Crippen LogP contribution < -0.4 is 5.43 Å². The van der Waals surface area contributed by atoms with Gasteiger partial charge in [-0.3, -0.25) is 20.7 Å². The summed E-state index contributed by atoms with van der Waals surface area (Å²) < 4.78 is 5.67. The summed E-state index contributed by atoms with van der Waals surface area (Å²) in [4.78, 5) is 0. The summed E-state index contributed by atoms with van der Waals surface area (Å²) in [6.45, 7) is 3.74. The quantitative estimate of drug-likeness (QED) is 0.195. The number of hydrogen-bond donors (Lipinski definition) is 4. The molecule has 0 amide bonds. The van der Waals surface area contributed by atoms with Crippen LogP contribution in [0, 0.1) is 11.9 Å². The molecule has 0 fully saturated rings. The van der Waals surface area contributed by atoms with Crippen molar-refractivity contribution in [1.29, 1.82) is 0 Å². The van der Waals surface area contributed by atoms with Crippen LogP contribution in [-0.4, -0.2) is 35.0 Å². The summed E-state index contributed by atoms with van der Waals surface area (Å²) in [5.41, 5.74) is 2.79. The van der Waals surface area contributed by atoms with Gasteiger partial charge in [-0.25, -0.2) is 0 Å². The minimum absolute atomic E-state index is 0.683. The van der Waals surface area contributed by atoms with Gasteiger partial charge >= 0.3 is 0 Å². The van der Waals surface area contributed by atoms with E-state index in [1.54, 1.807) is 10.8 Å². The number of thioether (sulfide) groups is 1. The van der Waals surface area contributed by atoms with Crippen molar-refractivity contribution in [3.05, 3.63) is 23.5 Å². The second kappa shape index (κ2) is 11.6. The van der Waals surface area contributed by atoms with Crippen LogP contribution in [0.4, 0.5) is 0 Å². The van der Waals surface area contributed by atoms with Crippen LogP contribution in [0.25, 0.3) is 0 Å². The molecular formula is C9H6N8S11. The molecule has 3 aromatic rings. The third kappa shape index (κ3) is 7.85. The number of H-pyrrole nitrogens is 3. The maximum atomic E-state index is 4.92. The zero-order chi connectivity index (χ0) is 19.9. The van der Waals surface area contributed by atoms with Gasteiger partial charge in [0.05, 0.1) is 5.03 Å². The molecule has 0 atom stereocenters. The lowest BCUT2D eigenvalue weighted by Gasteiger charge is -1.92. The predicted molar refractivity (Wildman–Crippen MR) is 134 cm³/mol. The fourth-order valence-corrected chi connectivity index (χ4v) is 9.90. The Morgan fingerprint density at radius 2 is 1.14 bits per heavy atom. The van der Waals surface area contributed by atoms with E-state index >= 15 is 0 Å². The molecule has 28 heavy (non-hydrogen) atoms. The van der Waals surface area contributed by atoms with Gasteiger partial charge in [-0.2, -0.15) is 20.4 Å². The maximum Gasteiger partial charge on any atom is 0.183 e. The zero-order valence-corrected chi connectivity index (χ0v) is 22.0. The SMILES string of the molecule is C=C1NN=C(SSc2n[nH]c(=S)s2)S1.S=c1[nH]nc(SSc2n[nH]c(=S)s2)s1. The van der Waals surface area contributed by atoms with Gasteiger partial charge in [0, 0.05) is 0 Å². The molecule has 3 aromatic heterocycles. The molecule has 4 heterocycles. The van der Waals surface area contributed by atoms with Gasteiger partial charge in [-0.1, -0.05) is 40.6 Å². The van der Waals surface area contributed by atoms with Crippen LogP contribution in [0.3, 0.4) is 0 Å². The Kier molecular flexibility index (Phi) is 9.54. The zero-order valence-electron chi connectivity index (χ0n) is 13.0. The van der Waals surface area contributed by atoms with Crippen molar-refractivity contribution in [2.75, 3.05) is 0 Å². The third-order valence-electron chi connectivity index (χ3n) is 2.11. The monoisotopic (exact) mass is 578 g/mol. The number of rotatable bonds is 5. The highest BCUT2D eigenvalue weighted by Crippen LogP contribution is 2.39. The molecular weight excluding hydrogens is 573 g/mol. The van der Waals surface area contributed by atoms with Crippen molar-refractivity contribution in [3.8, 4) is 0 Å². The number of hydrazone groups is 1. The van der Waals surface area contributed by atoms with E-state index in [1.807, 2.05) is 0 Å². The van der Waals surface area contributed by atoms with E-state index < -0.39 is 0 Å². The molecule has 0 aromatic carbocycles. The van der Waals surface area contributed by atoms with Crippen molar-refractivity contribution < 1.29 is 0 Å². The van der Waals surface area contributed by atoms with Crippen LogP contribution in [0.1, 0.15) is 0 Å². The average Bonchev–Trinajstić information content (AvgIpc) is 3.43. The molecule has 4 N–H and O–H groups in total. The predicted octanol–water partition coefficient (Wildman–Crippen LogP) is 6.53. The van der Waals surface area contributed by atoms with Gasteiger partial charge in [-0.15, -0.1) is 0 Å². The van der Waals surface area contributed by atoms with Gasteiger partial charge < -0.3 is 0 Å². The van der Waals surface area contributed by atoms with E-state index in [9.17, 15) is 0 Å². The van der Waals surface area contributed by atoms with E-state index in [0.717, 1.165) is 22.4 Å². The first-order valence-electron chi connectivity index (χ1n) is 6.54. The lowest BCUT2D eigenvalue weighted by Crippen LogP contribution is -1.90. The minimum atomic E-state index is 0.683. The van der Waals surface area contributed by atoms with E-state index in [-0.39, 0.29) is 0 Å². The van der Waals surface area contributed by atoms with Crippen molar-refractivity contribution in [2.24, 2.45) is 5.10 Å². The summed E-state index contributed by atoms with van der Waals surface area (Å²) in [5.74, 6) is 0. The van der Waals surface area contributed by atoms with Gasteiger partial charge in [-0.05, 0) is 91.6 Å². The molecule has 1 aliphatic heterocycles. The van der Waals surface area contributed by atoms with Gasteiger partial charge in [0.1, 0.15) is 0 Å². The van der Waals surface area contributed by atoms with E-state index in [1.165, 1.54) is 78.2 Å². The molecule has 0 radical (unpaired) electrons. The molecule has 0 unspecified atom stereocenters. The van der Waals surface area contributed by atoms with Gasteiger partial charge in [0.15, 0.2) is 29.3 Å². The smallest absolute Gasteiger partial charge is 0.183 e. The fourth-order valence-electron chi connectivity index (χ4n) is 1.19. The highest BCUT2D eigenvalue weighted by molar-refractivity contribution is 8.86. The maximum absolute atomic E-state index is 4.92. The summed E-state index contributed by atoms with van der Waals surface area (Å²) >= 11 is 20.6. The summed E-state index contributed by atoms with van der Waals surface area (Å²) in [7, 11) is 6.11. The lowest BCUT2D eigenvalue weighted by molar-refractivity contribution is 0.976. The molecule has 1 aliphatic rings. The van der Waals surface area contributed by atoms with E-state index in [0.29, 0.717) is 11.9 Å². The third-order valence-corrected chi connectivity index (χ3v) is 12.1. The van der Waals surface area contributed by atoms with Gasteiger partial charge in [0.25, 0.3) is 0 Å². The lowest BCUT2D eigenvalue weighted by atomic mass is 11.1. The largest absolute Gasteiger partial charge is 0.271 e. The number of aromatic nitrogens is 6. The van der Waals surface area contributed by atoms with Crippen molar-refractivity contribution in [1.82, 2.24) is 36.0 Å². The topological polar surface area (TPSA) is 110 Å². The normalized spacial score (nSPS) is 13.0. The first-order chi connectivity index (χ1) is 13.5. The second-order valence-electron chi connectivity index (χ2n) is 3.99. The number of nitrogens with zero attached hydrogens (tertiary/aromatic N) is 4. The Labute approximate surface area is 205 Å². The van der Waals surface area contributed by atoms with Crippen LogP contribution in [0.15, 0.2) is 29.7 Å². The van der Waals surface area contributed by atoms with Crippen LogP contribution >= 0.6 is 126 Å². The Morgan fingerprint density at radius 3 is 1.46 bits per heavy atom.